The van der Waals surface area contributed by atoms with E-state index in [1.54, 1.807) is 0 Å². The number of nitrogens with zero attached hydrogens (tertiary/aromatic N) is 1. The molecule has 0 bridgehead atoms. The normalized spacial score (nSPS) is 19.7. The second-order valence-electron chi connectivity index (χ2n) is 4.36. The van der Waals surface area contributed by atoms with Gasteiger partial charge in [0.1, 0.15) is 10.7 Å². The summed E-state index contributed by atoms with van der Waals surface area (Å²) in [5.74, 6) is 0.111. The third-order valence-electron chi connectivity index (χ3n) is 2.94. The molecule has 2 heterocycles. The number of hydrogen-bond acceptors (Lipinski definition) is 5. The van der Waals surface area contributed by atoms with Crippen LogP contribution in [0.15, 0.2) is 17.2 Å². The van der Waals surface area contributed by atoms with Crippen LogP contribution in [0, 0.1) is 0 Å². The molecule has 0 aromatic carbocycles. The van der Waals surface area contributed by atoms with E-state index in [0.717, 1.165) is 19.4 Å². The number of nitrogen functional groups attached to an aromatic ring is 1. The number of rotatable bonds is 5. The minimum Gasteiger partial charge on any atom is -0.382 e. The maximum absolute atomic E-state index is 12.0. The summed E-state index contributed by atoms with van der Waals surface area (Å²) in [6, 6.07) is 1.29. The van der Waals surface area contributed by atoms with Crippen molar-refractivity contribution in [2.45, 2.75) is 30.3 Å². The zero-order chi connectivity index (χ0) is 13.9. The van der Waals surface area contributed by atoms with Crippen LogP contribution in [0.4, 0.5) is 5.82 Å². The lowest BCUT2D eigenvalue weighted by Gasteiger charge is -2.10. The molecule has 0 saturated carbocycles. The van der Waals surface area contributed by atoms with E-state index in [0.29, 0.717) is 13.0 Å². The van der Waals surface area contributed by atoms with E-state index in [1.165, 1.54) is 12.3 Å². The Kier molecular flexibility index (Phi) is 4.62. The Bertz CT molecular complexity index is 544. The highest BCUT2D eigenvalue weighted by atomic mass is 35.5. The number of ether oxygens (including phenoxy) is 1. The molecule has 0 spiro atoms. The highest BCUT2D eigenvalue weighted by molar-refractivity contribution is 7.89. The summed E-state index contributed by atoms with van der Waals surface area (Å²) < 4.78 is 31.9. The average molecular weight is 306 g/mol. The predicted octanol–water partition coefficient (Wildman–Crippen LogP) is 1.16. The van der Waals surface area contributed by atoms with E-state index in [9.17, 15) is 8.42 Å². The van der Waals surface area contributed by atoms with Gasteiger partial charge in [0.05, 0.1) is 11.1 Å². The molecular weight excluding hydrogens is 290 g/mol. The van der Waals surface area contributed by atoms with Gasteiger partial charge in [0.25, 0.3) is 0 Å². The summed E-state index contributed by atoms with van der Waals surface area (Å²) in [5, 5.41) is 0.127. The quantitative estimate of drug-likeness (QED) is 0.851. The molecule has 1 aromatic heterocycles. The minimum atomic E-state index is -3.60. The number of hydrogen-bond donors (Lipinski definition) is 2. The van der Waals surface area contributed by atoms with Gasteiger partial charge in [0.2, 0.25) is 10.0 Å². The van der Waals surface area contributed by atoms with E-state index in [2.05, 4.69) is 9.71 Å². The van der Waals surface area contributed by atoms with Crippen LogP contribution in [0.3, 0.4) is 0 Å². The molecule has 1 saturated heterocycles. The van der Waals surface area contributed by atoms with Crippen LogP contribution in [-0.4, -0.2) is 32.7 Å². The summed E-state index contributed by atoms with van der Waals surface area (Å²) in [7, 11) is -3.60. The fourth-order valence-corrected chi connectivity index (χ4v) is 3.14. The molecule has 0 radical (unpaired) electrons. The van der Waals surface area contributed by atoms with Crippen molar-refractivity contribution in [3.05, 3.63) is 17.3 Å². The van der Waals surface area contributed by atoms with Gasteiger partial charge in [0, 0.05) is 19.3 Å². The second kappa shape index (κ2) is 6.04. The SMILES string of the molecule is Nc1ncc(S(=O)(=O)NCCC2CCCO2)cc1Cl. The van der Waals surface area contributed by atoms with Crippen LogP contribution < -0.4 is 10.5 Å². The van der Waals surface area contributed by atoms with Crippen LogP contribution in [0.1, 0.15) is 19.3 Å². The Labute approximate surface area is 117 Å². The molecule has 1 atom stereocenters. The van der Waals surface area contributed by atoms with Crippen molar-refractivity contribution in [1.29, 1.82) is 0 Å². The van der Waals surface area contributed by atoms with Crippen LogP contribution in [0.2, 0.25) is 5.02 Å². The number of sulfonamides is 1. The summed E-state index contributed by atoms with van der Waals surface area (Å²) in [6.45, 7) is 1.09. The monoisotopic (exact) mass is 305 g/mol. The van der Waals surface area contributed by atoms with Gasteiger partial charge >= 0.3 is 0 Å². The highest BCUT2D eigenvalue weighted by Gasteiger charge is 2.19. The van der Waals surface area contributed by atoms with Crippen LogP contribution in [0.25, 0.3) is 0 Å². The van der Waals surface area contributed by atoms with Gasteiger partial charge in [-0.2, -0.15) is 0 Å². The fraction of sp³-hybridized carbons (Fsp3) is 0.545. The average Bonchev–Trinajstić information content (AvgIpc) is 2.85. The lowest BCUT2D eigenvalue weighted by Crippen LogP contribution is -2.27. The van der Waals surface area contributed by atoms with Crippen LogP contribution >= 0.6 is 11.6 Å². The standard InChI is InChI=1S/C11H16ClN3O3S/c12-10-6-9(7-14-11(10)13)19(16,17)15-4-3-8-2-1-5-18-8/h6-8,15H,1-5H2,(H2,13,14). The van der Waals surface area contributed by atoms with Crippen molar-refractivity contribution in [1.82, 2.24) is 9.71 Å². The van der Waals surface area contributed by atoms with E-state index in [-0.39, 0.29) is 21.8 Å². The number of pyridine rings is 1. The van der Waals surface area contributed by atoms with Crippen molar-refractivity contribution in [2.75, 3.05) is 18.9 Å². The Morgan fingerprint density at radius 1 is 1.58 bits per heavy atom. The molecule has 6 nitrogen and oxygen atoms in total. The highest BCUT2D eigenvalue weighted by Crippen LogP contribution is 2.20. The molecule has 1 aliphatic heterocycles. The largest absolute Gasteiger partial charge is 0.382 e. The van der Waals surface area contributed by atoms with Gasteiger partial charge in [-0.25, -0.2) is 18.1 Å². The topological polar surface area (TPSA) is 94.3 Å². The van der Waals surface area contributed by atoms with E-state index in [1.807, 2.05) is 0 Å². The number of nitrogens with two attached hydrogens (primary N) is 1. The van der Waals surface area contributed by atoms with E-state index >= 15 is 0 Å². The van der Waals surface area contributed by atoms with Crippen molar-refractivity contribution in [2.24, 2.45) is 0 Å². The summed E-state index contributed by atoms with van der Waals surface area (Å²) in [6.07, 6.45) is 4.02. The number of halogens is 1. The first-order valence-corrected chi connectivity index (χ1v) is 7.87. The summed E-state index contributed by atoms with van der Waals surface area (Å²) in [4.78, 5) is 3.75. The molecule has 1 fully saturated rings. The molecule has 3 N–H and O–H groups in total. The molecule has 1 aromatic rings. The number of aromatic nitrogens is 1. The maximum atomic E-state index is 12.0. The molecule has 19 heavy (non-hydrogen) atoms. The first-order valence-electron chi connectivity index (χ1n) is 6.01. The molecular formula is C11H16ClN3O3S. The third kappa shape index (κ3) is 3.79. The Morgan fingerprint density at radius 2 is 2.37 bits per heavy atom. The van der Waals surface area contributed by atoms with Gasteiger partial charge in [0.15, 0.2) is 0 Å². The molecule has 2 rings (SSSR count). The maximum Gasteiger partial charge on any atom is 0.242 e. The first kappa shape index (κ1) is 14.5. The Hall–Kier alpha value is -0.890. The lowest BCUT2D eigenvalue weighted by molar-refractivity contribution is 0.105. The van der Waals surface area contributed by atoms with E-state index < -0.39 is 10.0 Å². The molecule has 0 aliphatic carbocycles. The molecule has 1 unspecified atom stereocenters. The fourth-order valence-electron chi connectivity index (χ4n) is 1.89. The summed E-state index contributed by atoms with van der Waals surface area (Å²) >= 11 is 5.76. The molecule has 8 heteroatoms. The second-order valence-corrected chi connectivity index (χ2v) is 6.53. The van der Waals surface area contributed by atoms with Crippen molar-refractivity contribution in [3.63, 3.8) is 0 Å². The van der Waals surface area contributed by atoms with Gasteiger partial charge in [-0.3, -0.25) is 0 Å². The lowest BCUT2D eigenvalue weighted by atomic mass is 10.2. The predicted molar refractivity (Wildman–Crippen MR) is 72.4 cm³/mol. The molecule has 1 aliphatic rings. The van der Waals surface area contributed by atoms with Crippen molar-refractivity contribution in [3.8, 4) is 0 Å². The smallest absolute Gasteiger partial charge is 0.242 e. The Balaban J connectivity index is 1.95. The zero-order valence-electron chi connectivity index (χ0n) is 10.3. The van der Waals surface area contributed by atoms with Crippen LogP contribution in [-0.2, 0) is 14.8 Å². The van der Waals surface area contributed by atoms with Gasteiger partial charge in [-0.05, 0) is 25.3 Å². The van der Waals surface area contributed by atoms with E-state index in [4.69, 9.17) is 22.1 Å². The summed E-state index contributed by atoms with van der Waals surface area (Å²) in [5.41, 5.74) is 5.44. The minimum absolute atomic E-state index is 0.0130. The first-order chi connectivity index (χ1) is 8.99. The van der Waals surface area contributed by atoms with Crippen molar-refractivity contribution >= 4 is 27.4 Å². The van der Waals surface area contributed by atoms with Crippen LogP contribution in [0.5, 0.6) is 0 Å². The third-order valence-corrected chi connectivity index (χ3v) is 4.67. The zero-order valence-corrected chi connectivity index (χ0v) is 11.9. The van der Waals surface area contributed by atoms with Gasteiger partial charge in [-0.1, -0.05) is 11.6 Å². The van der Waals surface area contributed by atoms with Gasteiger partial charge < -0.3 is 10.5 Å². The van der Waals surface area contributed by atoms with Crippen molar-refractivity contribution < 1.29 is 13.2 Å². The molecule has 0 amide bonds. The van der Waals surface area contributed by atoms with Gasteiger partial charge in [-0.15, -0.1) is 0 Å². The number of anilines is 1. The molecule has 106 valence electrons. The Morgan fingerprint density at radius 3 is 3.00 bits per heavy atom. The number of nitrogens with one attached hydrogen (secondary N) is 1.